The van der Waals surface area contributed by atoms with E-state index in [9.17, 15) is 9.18 Å². The Balaban J connectivity index is 1.37. The van der Waals surface area contributed by atoms with E-state index >= 15 is 0 Å². The van der Waals surface area contributed by atoms with Crippen LogP contribution < -0.4 is 5.32 Å². The van der Waals surface area contributed by atoms with E-state index in [1.807, 2.05) is 65.2 Å². The number of Topliss-reactive ketones (excluding diaryl/α,β-unsaturated/α-hetero) is 1. The van der Waals surface area contributed by atoms with Crippen LogP contribution >= 0.6 is 0 Å². The zero-order valence-corrected chi connectivity index (χ0v) is 17.9. The standard InChI is InChI=1S/C27H18FN5O/c28-20-13-11-18(12-14-20)24(34)16-17-7-9-19(10-8-17)26-31-32-27-21-4-1-2-5-22(21)30-25-23(33(26)27)6-3-15-29-25/h1-15H,16H2,(H,29,30). The van der Waals surface area contributed by atoms with Gasteiger partial charge >= 0.3 is 0 Å². The van der Waals surface area contributed by atoms with Gasteiger partial charge in [-0.15, -0.1) is 10.2 Å². The van der Waals surface area contributed by atoms with Crippen LogP contribution in [0.1, 0.15) is 15.9 Å². The Morgan fingerprint density at radius 1 is 0.853 bits per heavy atom. The van der Waals surface area contributed by atoms with Crippen LogP contribution in [0.25, 0.3) is 28.5 Å². The molecule has 164 valence electrons. The number of halogens is 1. The van der Waals surface area contributed by atoms with E-state index in [1.165, 1.54) is 24.3 Å². The number of nitrogens with one attached hydrogen (secondary N) is 1. The van der Waals surface area contributed by atoms with Gasteiger partial charge in [-0.2, -0.15) is 0 Å². The first-order chi connectivity index (χ1) is 16.7. The van der Waals surface area contributed by atoms with Gasteiger partial charge in [-0.25, -0.2) is 9.37 Å². The molecule has 0 saturated carbocycles. The lowest BCUT2D eigenvalue weighted by atomic mass is 10.0. The van der Waals surface area contributed by atoms with Crippen molar-refractivity contribution in [2.45, 2.75) is 6.42 Å². The highest BCUT2D eigenvalue weighted by Crippen LogP contribution is 2.38. The number of benzene rings is 3. The van der Waals surface area contributed by atoms with Gasteiger partial charge in [0.1, 0.15) is 5.82 Å². The maximum Gasteiger partial charge on any atom is 0.171 e. The Kier molecular flexibility index (Phi) is 4.73. The topological polar surface area (TPSA) is 72.7 Å². The van der Waals surface area contributed by atoms with Crippen LogP contribution in [0.5, 0.6) is 0 Å². The minimum Gasteiger partial charge on any atom is -0.338 e. The van der Waals surface area contributed by atoms with Gasteiger partial charge in [-0.1, -0.05) is 36.4 Å². The second-order valence-electron chi connectivity index (χ2n) is 8.03. The molecule has 7 heteroatoms. The molecule has 6 nitrogen and oxygen atoms in total. The van der Waals surface area contributed by atoms with E-state index in [2.05, 4.69) is 20.5 Å². The molecule has 1 aliphatic heterocycles. The predicted octanol–water partition coefficient (Wildman–Crippen LogP) is 5.62. The molecule has 0 saturated heterocycles. The van der Waals surface area contributed by atoms with Crippen molar-refractivity contribution >= 4 is 17.3 Å². The molecule has 0 radical (unpaired) electrons. The fourth-order valence-corrected chi connectivity index (χ4v) is 4.16. The molecule has 0 aliphatic carbocycles. The highest BCUT2D eigenvalue weighted by atomic mass is 19.1. The molecule has 0 fully saturated rings. The molecule has 6 rings (SSSR count). The zero-order chi connectivity index (χ0) is 23.1. The van der Waals surface area contributed by atoms with Crippen molar-refractivity contribution in [3.05, 3.63) is 108 Å². The Morgan fingerprint density at radius 3 is 2.44 bits per heavy atom. The van der Waals surface area contributed by atoms with Crippen LogP contribution in [0.3, 0.4) is 0 Å². The van der Waals surface area contributed by atoms with Gasteiger partial charge in [-0.3, -0.25) is 9.36 Å². The summed E-state index contributed by atoms with van der Waals surface area (Å²) in [7, 11) is 0. The summed E-state index contributed by atoms with van der Waals surface area (Å²) in [4.78, 5) is 17.1. The molecule has 0 spiro atoms. The van der Waals surface area contributed by atoms with E-state index in [-0.39, 0.29) is 18.0 Å². The number of nitrogens with zero attached hydrogens (tertiary/aromatic N) is 4. The molecule has 1 aliphatic rings. The van der Waals surface area contributed by atoms with Crippen LogP contribution in [0, 0.1) is 5.82 Å². The molecule has 0 bridgehead atoms. The largest absolute Gasteiger partial charge is 0.338 e. The maximum atomic E-state index is 13.1. The average molecular weight is 447 g/mol. The summed E-state index contributed by atoms with van der Waals surface area (Å²) in [5.74, 6) is 1.70. The number of pyridine rings is 1. The number of aromatic nitrogens is 4. The fraction of sp³-hybridized carbons (Fsp3) is 0.0370. The summed E-state index contributed by atoms with van der Waals surface area (Å²) in [5, 5.41) is 12.4. The lowest BCUT2D eigenvalue weighted by Gasteiger charge is -2.11. The fourth-order valence-electron chi connectivity index (χ4n) is 4.16. The third kappa shape index (κ3) is 3.44. The first-order valence-electron chi connectivity index (χ1n) is 10.8. The van der Waals surface area contributed by atoms with Crippen LogP contribution in [0.15, 0.2) is 91.1 Å². The predicted molar refractivity (Wildman–Crippen MR) is 128 cm³/mol. The van der Waals surface area contributed by atoms with Gasteiger partial charge in [0.05, 0.1) is 11.4 Å². The number of ketones is 1. The Bertz CT molecular complexity index is 1520. The van der Waals surface area contributed by atoms with Crippen molar-refractivity contribution in [1.29, 1.82) is 0 Å². The molecule has 5 aromatic rings. The number of anilines is 2. The van der Waals surface area contributed by atoms with Crippen molar-refractivity contribution in [1.82, 2.24) is 19.7 Å². The minimum atomic E-state index is -0.358. The summed E-state index contributed by atoms with van der Waals surface area (Å²) in [6.45, 7) is 0. The van der Waals surface area contributed by atoms with Crippen molar-refractivity contribution in [3.63, 3.8) is 0 Å². The molecular formula is C27H18FN5O. The molecule has 3 aromatic carbocycles. The number of hydrogen-bond acceptors (Lipinski definition) is 5. The third-order valence-corrected chi connectivity index (χ3v) is 5.85. The molecule has 1 N–H and O–H groups in total. The molecule has 0 atom stereocenters. The van der Waals surface area contributed by atoms with Crippen molar-refractivity contribution in [3.8, 4) is 28.5 Å². The number of rotatable bonds is 4. The summed E-state index contributed by atoms with van der Waals surface area (Å²) < 4.78 is 15.1. The van der Waals surface area contributed by atoms with Crippen LogP contribution in [-0.2, 0) is 6.42 Å². The number of carbonyl (C=O) groups is 1. The minimum absolute atomic E-state index is 0.0632. The van der Waals surface area contributed by atoms with E-state index < -0.39 is 0 Å². The number of hydrogen-bond donors (Lipinski definition) is 1. The second-order valence-corrected chi connectivity index (χ2v) is 8.03. The van der Waals surface area contributed by atoms with Gasteiger partial charge in [0.25, 0.3) is 0 Å². The van der Waals surface area contributed by atoms with E-state index in [0.717, 1.165) is 39.7 Å². The number of para-hydroxylation sites is 1. The van der Waals surface area contributed by atoms with Crippen LogP contribution in [0.2, 0.25) is 0 Å². The van der Waals surface area contributed by atoms with Gasteiger partial charge in [0.2, 0.25) is 0 Å². The smallest absolute Gasteiger partial charge is 0.171 e. The first kappa shape index (κ1) is 20.0. The molecular weight excluding hydrogens is 429 g/mol. The lowest BCUT2D eigenvalue weighted by Crippen LogP contribution is -2.04. The van der Waals surface area contributed by atoms with Gasteiger partial charge in [0.15, 0.2) is 23.2 Å². The van der Waals surface area contributed by atoms with E-state index in [1.54, 1.807) is 6.20 Å². The van der Waals surface area contributed by atoms with Crippen molar-refractivity contribution in [2.75, 3.05) is 5.32 Å². The van der Waals surface area contributed by atoms with E-state index in [0.29, 0.717) is 11.4 Å². The van der Waals surface area contributed by atoms with Gasteiger partial charge in [0, 0.05) is 29.3 Å². The molecule has 0 amide bonds. The normalized spacial score (nSPS) is 11.6. The first-order valence-corrected chi connectivity index (χ1v) is 10.8. The van der Waals surface area contributed by atoms with Gasteiger partial charge < -0.3 is 5.32 Å². The molecule has 3 heterocycles. The lowest BCUT2D eigenvalue weighted by molar-refractivity contribution is 0.0993. The SMILES string of the molecule is O=C(Cc1ccc(-c2nnc3n2-c2cccnc2Nc2ccccc2-3)cc1)c1ccc(F)cc1. The molecule has 34 heavy (non-hydrogen) atoms. The molecule has 2 aromatic heterocycles. The molecule has 0 unspecified atom stereocenters. The Labute approximate surface area is 194 Å². The van der Waals surface area contributed by atoms with Crippen LogP contribution in [-0.4, -0.2) is 25.5 Å². The Morgan fingerprint density at radius 2 is 1.62 bits per heavy atom. The third-order valence-electron chi connectivity index (χ3n) is 5.85. The number of fused-ring (bicyclic) bond motifs is 5. The quantitative estimate of drug-likeness (QED) is 0.355. The summed E-state index contributed by atoms with van der Waals surface area (Å²) in [6, 6.07) is 25.1. The maximum absolute atomic E-state index is 13.1. The van der Waals surface area contributed by atoms with Crippen molar-refractivity contribution < 1.29 is 9.18 Å². The monoisotopic (exact) mass is 447 g/mol. The summed E-state index contributed by atoms with van der Waals surface area (Å²) >= 11 is 0. The highest BCUT2D eigenvalue weighted by molar-refractivity contribution is 5.97. The second kappa shape index (κ2) is 8.04. The average Bonchev–Trinajstić information content (AvgIpc) is 3.24. The van der Waals surface area contributed by atoms with Gasteiger partial charge in [-0.05, 0) is 54.1 Å². The highest BCUT2D eigenvalue weighted by Gasteiger charge is 2.24. The van der Waals surface area contributed by atoms with E-state index in [4.69, 9.17) is 0 Å². The zero-order valence-electron chi connectivity index (χ0n) is 17.9. The van der Waals surface area contributed by atoms with Crippen LogP contribution in [0.4, 0.5) is 15.9 Å². The summed E-state index contributed by atoms with van der Waals surface area (Å²) in [6.07, 6.45) is 1.98. The Hall–Kier alpha value is -4.65. The summed E-state index contributed by atoms with van der Waals surface area (Å²) in [5.41, 5.74) is 4.91. The number of carbonyl (C=O) groups excluding carboxylic acids is 1. The van der Waals surface area contributed by atoms with Crippen molar-refractivity contribution in [2.24, 2.45) is 0 Å².